The van der Waals surface area contributed by atoms with Gasteiger partial charge in [-0.15, -0.1) is 11.3 Å². The predicted octanol–water partition coefficient (Wildman–Crippen LogP) is 1.71. The molecule has 1 atom stereocenters. The number of carbonyl (C=O) groups excluding carboxylic acids is 2. The fourth-order valence-electron chi connectivity index (χ4n) is 2.64. The van der Waals surface area contributed by atoms with Crippen LogP contribution in [-0.4, -0.2) is 52.3 Å². The lowest BCUT2D eigenvalue weighted by Crippen LogP contribution is -2.58. The van der Waals surface area contributed by atoms with E-state index in [0.29, 0.717) is 19.0 Å². The normalized spacial score (nSPS) is 19.5. The molecule has 0 aliphatic carbocycles. The van der Waals surface area contributed by atoms with Crippen LogP contribution in [0.1, 0.15) is 31.5 Å². The Morgan fingerprint density at radius 3 is 2.76 bits per heavy atom. The second-order valence-electron chi connectivity index (χ2n) is 5.98. The van der Waals surface area contributed by atoms with Gasteiger partial charge >= 0.3 is 0 Å². The molecule has 0 bridgehead atoms. The number of nitrogens with zero attached hydrogens (tertiary/aromatic N) is 3. The molecule has 1 aliphatic rings. The highest BCUT2D eigenvalue weighted by Gasteiger charge is 2.34. The Kier molecular flexibility index (Phi) is 4.98. The van der Waals surface area contributed by atoms with Crippen molar-refractivity contribution in [3.63, 3.8) is 0 Å². The second kappa shape index (κ2) is 6.56. The summed E-state index contributed by atoms with van der Waals surface area (Å²) in [7, 11) is 0. The van der Waals surface area contributed by atoms with Crippen LogP contribution in [0.3, 0.4) is 0 Å². The first-order chi connectivity index (χ1) is 9.88. The number of thiazole rings is 1. The molecule has 0 radical (unpaired) electrons. The molecule has 1 fully saturated rings. The Labute approximate surface area is 130 Å². The summed E-state index contributed by atoms with van der Waals surface area (Å²) in [6.07, 6.45) is 0.284. The third-order valence-electron chi connectivity index (χ3n) is 3.65. The van der Waals surface area contributed by atoms with E-state index in [9.17, 15) is 9.59 Å². The van der Waals surface area contributed by atoms with Crippen molar-refractivity contribution in [1.82, 2.24) is 14.8 Å². The van der Waals surface area contributed by atoms with Crippen LogP contribution in [0.4, 0.5) is 0 Å². The number of aromatic nitrogens is 1. The average Bonchev–Trinajstić information content (AvgIpc) is 2.80. The number of rotatable bonds is 4. The molecule has 2 amide bonds. The summed E-state index contributed by atoms with van der Waals surface area (Å²) in [5.74, 6) is 0.490. The Bertz CT molecular complexity index is 527. The van der Waals surface area contributed by atoms with Gasteiger partial charge in [-0.05, 0) is 19.8 Å². The van der Waals surface area contributed by atoms with E-state index in [2.05, 4.69) is 18.8 Å². The molecule has 0 spiro atoms. The van der Waals surface area contributed by atoms with Gasteiger partial charge in [-0.25, -0.2) is 4.98 Å². The van der Waals surface area contributed by atoms with Crippen molar-refractivity contribution in [2.24, 2.45) is 5.92 Å². The molecule has 0 N–H and O–H groups in total. The summed E-state index contributed by atoms with van der Waals surface area (Å²) >= 11 is 1.54. The van der Waals surface area contributed by atoms with Gasteiger partial charge in [-0.3, -0.25) is 9.59 Å². The fraction of sp³-hybridized carbons (Fsp3) is 0.667. The standard InChI is InChI=1S/C15H23N3O2S/c1-10(2)8-17-5-6-18(11(3)15(17)20)14(19)7-13-9-21-12(4)16-13/h9-11H,5-8H2,1-4H3/t11-/m0/s1. The molecule has 1 aromatic heterocycles. The summed E-state index contributed by atoms with van der Waals surface area (Å²) in [5.41, 5.74) is 0.798. The first-order valence-corrected chi connectivity index (χ1v) is 8.25. The lowest BCUT2D eigenvalue weighted by Gasteiger charge is -2.39. The van der Waals surface area contributed by atoms with Crippen LogP contribution in [-0.2, 0) is 16.0 Å². The van der Waals surface area contributed by atoms with Gasteiger partial charge in [0.15, 0.2) is 0 Å². The smallest absolute Gasteiger partial charge is 0.245 e. The minimum absolute atomic E-state index is 0.00894. The van der Waals surface area contributed by atoms with Crippen LogP contribution < -0.4 is 0 Å². The van der Waals surface area contributed by atoms with E-state index in [1.165, 1.54) is 0 Å². The maximum atomic E-state index is 12.4. The molecule has 0 saturated carbocycles. The van der Waals surface area contributed by atoms with Crippen LogP contribution in [0.2, 0.25) is 0 Å². The van der Waals surface area contributed by atoms with Crippen LogP contribution in [0.5, 0.6) is 0 Å². The number of hydrogen-bond donors (Lipinski definition) is 0. The van der Waals surface area contributed by atoms with Gasteiger partial charge < -0.3 is 9.80 Å². The molecular formula is C15H23N3O2S. The van der Waals surface area contributed by atoms with Gasteiger partial charge in [0.05, 0.1) is 17.1 Å². The molecule has 1 saturated heterocycles. The SMILES string of the molecule is Cc1nc(CC(=O)N2CCN(CC(C)C)C(=O)[C@@H]2C)cs1. The molecule has 0 aromatic carbocycles. The van der Waals surface area contributed by atoms with Gasteiger partial charge in [0.1, 0.15) is 6.04 Å². The van der Waals surface area contributed by atoms with E-state index in [1.54, 1.807) is 16.2 Å². The third-order valence-corrected chi connectivity index (χ3v) is 4.47. The van der Waals surface area contributed by atoms with E-state index in [1.807, 2.05) is 24.1 Å². The quantitative estimate of drug-likeness (QED) is 0.851. The van der Waals surface area contributed by atoms with Crippen molar-refractivity contribution >= 4 is 23.2 Å². The van der Waals surface area contributed by atoms with E-state index in [4.69, 9.17) is 0 Å². The summed E-state index contributed by atoms with van der Waals surface area (Å²) in [4.78, 5) is 32.6. The Morgan fingerprint density at radius 2 is 2.19 bits per heavy atom. The van der Waals surface area contributed by atoms with Crippen molar-refractivity contribution in [3.05, 3.63) is 16.1 Å². The first-order valence-electron chi connectivity index (χ1n) is 7.37. The lowest BCUT2D eigenvalue weighted by atomic mass is 10.1. The fourth-order valence-corrected chi connectivity index (χ4v) is 3.25. The van der Waals surface area contributed by atoms with Gasteiger partial charge in [-0.2, -0.15) is 0 Å². The zero-order chi connectivity index (χ0) is 15.6. The average molecular weight is 309 g/mol. The Balaban J connectivity index is 1.98. The van der Waals surface area contributed by atoms with Gasteiger partial charge in [-0.1, -0.05) is 13.8 Å². The third kappa shape index (κ3) is 3.81. The zero-order valence-corrected chi connectivity index (χ0v) is 13.9. The van der Waals surface area contributed by atoms with Crippen LogP contribution >= 0.6 is 11.3 Å². The van der Waals surface area contributed by atoms with Crippen LogP contribution in [0.15, 0.2) is 5.38 Å². The van der Waals surface area contributed by atoms with Crippen molar-refractivity contribution in [2.45, 2.75) is 40.2 Å². The lowest BCUT2D eigenvalue weighted by molar-refractivity contribution is -0.150. The highest BCUT2D eigenvalue weighted by molar-refractivity contribution is 7.09. The van der Waals surface area contributed by atoms with Gasteiger partial charge in [0.2, 0.25) is 11.8 Å². The summed E-state index contributed by atoms with van der Waals surface area (Å²) in [6.45, 7) is 9.94. The number of carbonyl (C=O) groups is 2. The zero-order valence-electron chi connectivity index (χ0n) is 13.1. The minimum atomic E-state index is -0.371. The molecule has 6 heteroatoms. The van der Waals surface area contributed by atoms with Crippen LogP contribution in [0, 0.1) is 12.8 Å². The molecule has 2 rings (SSSR count). The van der Waals surface area contributed by atoms with Gasteiger partial charge in [0, 0.05) is 25.0 Å². The van der Waals surface area contributed by atoms with E-state index in [0.717, 1.165) is 17.2 Å². The summed E-state index contributed by atoms with van der Waals surface area (Å²) in [6, 6.07) is -0.371. The monoisotopic (exact) mass is 309 g/mol. The predicted molar refractivity (Wildman–Crippen MR) is 83.1 cm³/mol. The number of hydrogen-bond acceptors (Lipinski definition) is 4. The molecule has 116 valence electrons. The first kappa shape index (κ1) is 15.9. The maximum absolute atomic E-state index is 12.4. The molecule has 1 aromatic rings. The number of aryl methyl sites for hydroxylation is 1. The summed E-state index contributed by atoms with van der Waals surface area (Å²) in [5, 5.41) is 2.87. The van der Waals surface area contributed by atoms with E-state index >= 15 is 0 Å². The molecule has 5 nitrogen and oxygen atoms in total. The molecule has 1 aliphatic heterocycles. The van der Waals surface area contributed by atoms with Gasteiger partial charge in [0.25, 0.3) is 0 Å². The molecule has 21 heavy (non-hydrogen) atoms. The second-order valence-corrected chi connectivity index (χ2v) is 7.04. The topological polar surface area (TPSA) is 53.5 Å². The number of piperazine rings is 1. The van der Waals surface area contributed by atoms with Crippen molar-refractivity contribution in [1.29, 1.82) is 0 Å². The Morgan fingerprint density at radius 1 is 1.48 bits per heavy atom. The Hall–Kier alpha value is -1.43. The number of amides is 2. The van der Waals surface area contributed by atoms with E-state index in [-0.39, 0.29) is 24.3 Å². The van der Waals surface area contributed by atoms with Crippen LogP contribution in [0.25, 0.3) is 0 Å². The van der Waals surface area contributed by atoms with Crippen molar-refractivity contribution < 1.29 is 9.59 Å². The van der Waals surface area contributed by atoms with E-state index < -0.39 is 0 Å². The molecule has 2 heterocycles. The summed E-state index contributed by atoms with van der Waals surface area (Å²) < 4.78 is 0. The molecule has 0 unspecified atom stereocenters. The van der Waals surface area contributed by atoms with Crippen molar-refractivity contribution in [3.8, 4) is 0 Å². The highest BCUT2D eigenvalue weighted by Crippen LogP contribution is 2.16. The highest BCUT2D eigenvalue weighted by atomic mass is 32.1. The van der Waals surface area contributed by atoms with Crippen molar-refractivity contribution in [2.75, 3.05) is 19.6 Å². The minimum Gasteiger partial charge on any atom is -0.339 e. The molecular weight excluding hydrogens is 286 g/mol. The largest absolute Gasteiger partial charge is 0.339 e. The maximum Gasteiger partial charge on any atom is 0.245 e.